The molecule has 2 aliphatic heterocycles. The Morgan fingerprint density at radius 1 is 1.24 bits per heavy atom. The van der Waals surface area contributed by atoms with Crippen LogP contribution in [0.25, 0.3) is 10.9 Å². The van der Waals surface area contributed by atoms with Crippen molar-refractivity contribution >= 4 is 32.8 Å². The molecule has 2 aromatic rings. The summed E-state index contributed by atoms with van der Waals surface area (Å²) in [5.74, 6) is 1.17. The summed E-state index contributed by atoms with van der Waals surface area (Å²) >= 11 is 3.54. The molecule has 1 aromatic carbocycles. The van der Waals surface area contributed by atoms with Gasteiger partial charge in [-0.25, -0.2) is 4.79 Å². The van der Waals surface area contributed by atoms with Gasteiger partial charge in [0.2, 0.25) is 0 Å². The fourth-order valence-electron chi connectivity index (χ4n) is 6.52. The molecular weight excluding hydrogens is 428 g/mol. The zero-order chi connectivity index (χ0) is 20.4. The van der Waals surface area contributed by atoms with Crippen molar-refractivity contribution in [3.05, 3.63) is 33.4 Å². The molecule has 156 valence electrons. The van der Waals surface area contributed by atoms with E-state index >= 15 is 0 Å². The first-order chi connectivity index (χ1) is 13.9. The van der Waals surface area contributed by atoms with E-state index in [0.717, 1.165) is 29.7 Å². The van der Waals surface area contributed by atoms with Crippen LogP contribution in [-0.2, 0) is 6.42 Å². The minimum absolute atomic E-state index is 0.290. The van der Waals surface area contributed by atoms with E-state index in [1.54, 1.807) is 0 Å². The standard InChI is InChI=1S/C24H31BrN2O2/c1-12(2)15-6-4-13(3)10-19(15)27-18-9-7-16(25)21(24(28)29)23(18)22-17-8-5-14(26-17)11-20(22)27/h7,9,12-15,17,19,26H,4-6,8,10-11H2,1-3H3,(H,28,29)/t13-,14?,15+,17?,19-/m1/s1. The van der Waals surface area contributed by atoms with Crippen LogP contribution in [0.2, 0.25) is 0 Å². The van der Waals surface area contributed by atoms with Crippen LogP contribution in [0.15, 0.2) is 16.6 Å². The summed E-state index contributed by atoms with van der Waals surface area (Å²) in [5.41, 5.74) is 4.26. The zero-order valence-electron chi connectivity index (χ0n) is 17.5. The molecule has 2 unspecified atom stereocenters. The molecule has 2 N–H and O–H groups in total. The van der Waals surface area contributed by atoms with Crippen molar-refractivity contribution in [3.63, 3.8) is 0 Å². The Labute approximate surface area is 181 Å². The number of aromatic nitrogens is 1. The summed E-state index contributed by atoms with van der Waals surface area (Å²) in [7, 11) is 0. The SMILES string of the molecule is CC(C)[C@@H]1CC[C@@H](C)C[C@H]1n1c2c(c3c(C(=O)O)c(Br)ccc31)C1CCC(C2)N1. The van der Waals surface area contributed by atoms with Gasteiger partial charge in [0.25, 0.3) is 0 Å². The van der Waals surface area contributed by atoms with E-state index in [1.807, 2.05) is 6.07 Å². The smallest absolute Gasteiger partial charge is 0.337 e. The summed E-state index contributed by atoms with van der Waals surface area (Å²) in [6.45, 7) is 7.10. The van der Waals surface area contributed by atoms with Gasteiger partial charge in [0.05, 0.1) is 5.56 Å². The molecule has 1 aliphatic carbocycles. The highest BCUT2D eigenvalue weighted by Gasteiger charge is 2.41. The predicted molar refractivity (Wildman–Crippen MR) is 120 cm³/mol. The van der Waals surface area contributed by atoms with Crippen LogP contribution >= 0.6 is 15.9 Å². The first-order valence-corrected chi connectivity index (χ1v) is 12.0. The van der Waals surface area contributed by atoms with Crippen molar-refractivity contribution < 1.29 is 9.90 Å². The molecule has 5 rings (SSSR count). The average Bonchev–Trinajstić information content (AvgIpc) is 3.19. The third-order valence-electron chi connectivity index (χ3n) is 7.82. The topological polar surface area (TPSA) is 54.3 Å². The molecule has 2 bridgehead atoms. The van der Waals surface area contributed by atoms with Gasteiger partial charge in [0.15, 0.2) is 0 Å². The number of carboxylic acid groups (broad SMARTS) is 1. The van der Waals surface area contributed by atoms with E-state index < -0.39 is 5.97 Å². The molecule has 3 heterocycles. The summed E-state index contributed by atoms with van der Waals surface area (Å²) in [6.07, 6.45) is 7.08. The number of nitrogens with one attached hydrogen (secondary N) is 1. The zero-order valence-corrected chi connectivity index (χ0v) is 19.1. The Morgan fingerprint density at radius 2 is 2.03 bits per heavy atom. The molecule has 1 saturated carbocycles. The maximum absolute atomic E-state index is 12.3. The quantitative estimate of drug-likeness (QED) is 0.585. The number of hydrogen-bond donors (Lipinski definition) is 2. The lowest BCUT2D eigenvalue weighted by atomic mass is 9.73. The van der Waals surface area contributed by atoms with E-state index in [4.69, 9.17) is 0 Å². The lowest BCUT2D eigenvalue weighted by molar-refractivity contribution is 0.0698. The second-order valence-electron chi connectivity index (χ2n) is 9.94. The summed E-state index contributed by atoms with van der Waals surface area (Å²) in [4.78, 5) is 12.3. The lowest BCUT2D eigenvalue weighted by Gasteiger charge is -2.40. The number of halogens is 1. The average molecular weight is 459 g/mol. The van der Waals surface area contributed by atoms with E-state index in [9.17, 15) is 9.90 Å². The van der Waals surface area contributed by atoms with Gasteiger partial charge >= 0.3 is 5.97 Å². The first kappa shape index (κ1) is 19.6. The Hall–Kier alpha value is -1.33. The summed E-state index contributed by atoms with van der Waals surface area (Å²) < 4.78 is 3.30. The lowest BCUT2D eigenvalue weighted by Crippen LogP contribution is -2.35. The highest BCUT2D eigenvalue weighted by atomic mass is 79.9. The molecule has 5 heteroatoms. The predicted octanol–water partition coefficient (Wildman–Crippen LogP) is 6.08. The monoisotopic (exact) mass is 458 g/mol. The molecule has 0 spiro atoms. The number of aromatic carboxylic acids is 1. The maximum atomic E-state index is 12.3. The number of hydrogen-bond acceptors (Lipinski definition) is 2. The third-order valence-corrected chi connectivity index (χ3v) is 8.49. The maximum Gasteiger partial charge on any atom is 0.337 e. The van der Waals surface area contributed by atoms with Gasteiger partial charge < -0.3 is 15.0 Å². The van der Waals surface area contributed by atoms with Crippen molar-refractivity contribution in [3.8, 4) is 0 Å². The molecule has 3 aliphatic rings. The number of rotatable bonds is 3. The van der Waals surface area contributed by atoms with Gasteiger partial charge in [-0.1, -0.05) is 27.2 Å². The Bertz CT molecular complexity index is 979. The highest BCUT2D eigenvalue weighted by Crippen LogP contribution is 2.49. The Kier molecular flexibility index (Phi) is 4.82. The van der Waals surface area contributed by atoms with Gasteiger partial charge in [-0.05, 0) is 77.1 Å². The third kappa shape index (κ3) is 2.99. The summed E-state index contributed by atoms with van der Waals surface area (Å²) in [6, 6.07) is 5.39. The van der Waals surface area contributed by atoms with Crippen LogP contribution in [0.1, 0.15) is 86.6 Å². The first-order valence-electron chi connectivity index (χ1n) is 11.2. The van der Waals surface area contributed by atoms with Gasteiger partial charge in [-0.3, -0.25) is 0 Å². The number of carbonyl (C=O) groups is 1. The number of carboxylic acids is 1. The molecule has 29 heavy (non-hydrogen) atoms. The van der Waals surface area contributed by atoms with E-state index in [1.165, 1.54) is 36.9 Å². The molecule has 5 atom stereocenters. The molecule has 0 amide bonds. The van der Waals surface area contributed by atoms with Crippen molar-refractivity contribution in [2.75, 3.05) is 0 Å². The van der Waals surface area contributed by atoms with Crippen molar-refractivity contribution in [1.82, 2.24) is 9.88 Å². The van der Waals surface area contributed by atoms with Crippen LogP contribution in [0.3, 0.4) is 0 Å². The van der Waals surface area contributed by atoms with Crippen LogP contribution in [-0.4, -0.2) is 21.7 Å². The van der Waals surface area contributed by atoms with Crippen LogP contribution in [0, 0.1) is 17.8 Å². The fourth-order valence-corrected chi connectivity index (χ4v) is 7.02. The van der Waals surface area contributed by atoms with E-state index in [2.05, 4.69) is 52.7 Å². The largest absolute Gasteiger partial charge is 0.478 e. The van der Waals surface area contributed by atoms with Gasteiger partial charge in [-0.2, -0.15) is 0 Å². The van der Waals surface area contributed by atoms with Crippen molar-refractivity contribution in [1.29, 1.82) is 0 Å². The molecule has 4 nitrogen and oxygen atoms in total. The molecule has 0 radical (unpaired) electrons. The Morgan fingerprint density at radius 3 is 2.76 bits per heavy atom. The molecular formula is C24H31BrN2O2. The minimum atomic E-state index is -0.833. The van der Waals surface area contributed by atoms with Crippen molar-refractivity contribution in [2.45, 2.75) is 77.4 Å². The number of fused-ring (bicyclic) bond motifs is 6. The molecule has 1 saturated heterocycles. The number of benzene rings is 1. The second kappa shape index (κ2) is 7.12. The van der Waals surface area contributed by atoms with Gasteiger partial charge in [0, 0.05) is 45.6 Å². The second-order valence-corrected chi connectivity index (χ2v) is 10.8. The molecule has 1 aromatic heterocycles. The Balaban J connectivity index is 1.81. The van der Waals surface area contributed by atoms with Crippen LogP contribution in [0.4, 0.5) is 0 Å². The van der Waals surface area contributed by atoms with E-state index in [0.29, 0.717) is 40.0 Å². The van der Waals surface area contributed by atoms with Crippen LogP contribution in [0.5, 0.6) is 0 Å². The van der Waals surface area contributed by atoms with Gasteiger partial charge in [0.1, 0.15) is 0 Å². The molecule has 2 fully saturated rings. The summed E-state index contributed by atoms with van der Waals surface area (Å²) in [5, 5.41) is 14.8. The number of nitrogens with zero attached hydrogens (tertiary/aromatic N) is 1. The van der Waals surface area contributed by atoms with E-state index in [-0.39, 0.29) is 0 Å². The van der Waals surface area contributed by atoms with Crippen molar-refractivity contribution in [2.24, 2.45) is 17.8 Å². The minimum Gasteiger partial charge on any atom is -0.478 e. The highest BCUT2D eigenvalue weighted by molar-refractivity contribution is 9.10. The van der Waals surface area contributed by atoms with Crippen LogP contribution < -0.4 is 5.32 Å². The normalized spacial score (nSPS) is 31.4. The van der Waals surface area contributed by atoms with Gasteiger partial charge in [-0.15, -0.1) is 0 Å². The fraction of sp³-hybridized carbons (Fsp3) is 0.625.